The van der Waals surface area contributed by atoms with Crippen molar-refractivity contribution >= 4 is 50.6 Å². The SMILES string of the molecule is O=C(O)Nc1nc2ccc(C3c4ccccc4C(=O)N3c3cccc(Br)c3)cc2[nH]1. The summed E-state index contributed by atoms with van der Waals surface area (Å²) in [5.41, 5.74) is 4.59. The molecule has 1 aromatic heterocycles. The first kappa shape index (κ1) is 18.4. The molecule has 0 aliphatic carbocycles. The fourth-order valence-corrected chi connectivity index (χ4v) is 4.28. The van der Waals surface area contributed by atoms with E-state index in [-0.39, 0.29) is 17.9 Å². The van der Waals surface area contributed by atoms with E-state index in [1.807, 2.05) is 66.7 Å². The van der Waals surface area contributed by atoms with E-state index in [1.165, 1.54) is 0 Å². The lowest BCUT2D eigenvalue weighted by Crippen LogP contribution is -2.28. The molecule has 2 heterocycles. The maximum atomic E-state index is 13.3. The number of hydrogen-bond donors (Lipinski definition) is 3. The summed E-state index contributed by atoms with van der Waals surface area (Å²) in [7, 11) is 0. The Morgan fingerprint density at radius 3 is 2.73 bits per heavy atom. The van der Waals surface area contributed by atoms with Crippen LogP contribution in [0.3, 0.4) is 0 Å². The van der Waals surface area contributed by atoms with Crippen molar-refractivity contribution in [2.24, 2.45) is 0 Å². The minimum absolute atomic E-state index is 0.0633. The Hall–Kier alpha value is -3.65. The number of hydrogen-bond acceptors (Lipinski definition) is 3. The van der Waals surface area contributed by atoms with Crippen LogP contribution >= 0.6 is 15.9 Å². The molecule has 148 valence electrons. The maximum Gasteiger partial charge on any atom is 0.411 e. The molecule has 4 aromatic rings. The predicted octanol–water partition coefficient (Wildman–Crippen LogP) is 5.17. The zero-order valence-corrected chi connectivity index (χ0v) is 17.1. The highest BCUT2D eigenvalue weighted by atomic mass is 79.9. The van der Waals surface area contributed by atoms with Gasteiger partial charge in [-0.15, -0.1) is 0 Å². The molecule has 0 saturated heterocycles. The third-order valence-electron chi connectivity index (χ3n) is 5.10. The lowest BCUT2D eigenvalue weighted by molar-refractivity contribution is 0.0993. The number of carbonyl (C=O) groups excluding carboxylic acids is 1. The topological polar surface area (TPSA) is 98.3 Å². The van der Waals surface area contributed by atoms with Gasteiger partial charge in [-0.3, -0.25) is 15.0 Å². The molecule has 2 amide bonds. The van der Waals surface area contributed by atoms with Crippen LogP contribution in [0.4, 0.5) is 16.4 Å². The van der Waals surface area contributed by atoms with Gasteiger partial charge in [-0.25, -0.2) is 9.78 Å². The highest BCUT2D eigenvalue weighted by Crippen LogP contribution is 2.42. The minimum Gasteiger partial charge on any atom is -0.465 e. The number of imidazole rings is 1. The van der Waals surface area contributed by atoms with Crippen LogP contribution in [-0.4, -0.2) is 27.1 Å². The number of aromatic nitrogens is 2. The van der Waals surface area contributed by atoms with Gasteiger partial charge in [0.05, 0.1) is 17.1 Å². The second kappa shape index (κ2) is 7.00. The Balaban J connectivity index is 1.66. The van der Waals surface area contributed by atoms with Crippen LogP contribution in [-0.2, 0) is 0 Å². The average Bonchev–Trinajstić information content (AvgIpc) is 3.25. The Labute approximate surface area is 179 Å². The monoisotopic (exact) mass is 462 g/mol. The largest absolute Gasteiger partial charge is 0.465 e. The summed E-state index contributed by atoms with van der Waals surface area (Å²) in [5, 5.41) is 11.1. The van der Waals surface area contributed by atoms with Gasteiger partial charge in [-0.2, -0.15) is 0 Å². The molecule has 1 aliphatic rings. The van der Waals surface area contributed by atoms with Crippen LogP contribution in [0.15, 0.2) is 71.2 Å². The predicted molar refractivity (Wildman–Crippen MR) is 117 cm³/mol. The Morgan fingerprint density at radius 1 is 1.10 bits per heavy atom. The summed E-state index contributed by atoms with van der Waals surface area (Å²) < 4.78 is 0.885. The Bertz CT molecular complexity index is 1320. The molecule has 0 radical (unpaired) electrons. The Kier molecular flexibility index (Phi) is 4.29. The highest BCUT2D eigenvalue weighted by Gasteiger charge is 2.38. The number of carbonyl (C=O) groups is 2. The summed E-state index contributed by atoms with van der Waals surface area (Å²) in [6.45, 7) is 0. The van der Waals surface area contributed by atoms with Gasteiger partial charge in [0.15, 0.2) is 0 Å². The number of halogens is 1. The smallest absolute Gasteiger partial charge is 0.411 e. The van der Waals surface area contributed by atoms with Gasteiger partial charge in [-0.1, -0.05) is 46.3 Å². The number of carboxylic acid groups (broad SMARTS) is 1. The number of nitrogens with one attached hydrogen (secondary N) is 2. The number of benzene rings is 3. The van der Waals surface area contributed by atoms with E-state index in [2.05, 4.69) is 31.2 Å². The number of amides is 2. The van der Waals surface area contributed by atoms with Crippen LogP contribution < -0.4 is 10.2 Å². The molecule has 1 aliphatic heterocycles. The van der Waals surface area contributed by atoms with Crippen molar-refractivity contribution in [3.05, 3.63) is 87.9 Å². The molecule has 1 atom stereocenters. The first-order valence-electron chi connectivity index (χ1n) is 9.19. The molecule has 30 heavy (non-hydrogen) atoms. The van der Waals surface area contributed by atoms with Crippen molar-refractivity contribution in [3.8, 4) is 0 Å². The molecule has 0 bridgehead atoms. The summed E-state index contributed by atoms with van der Waals surface area (Å²) >= 11 is 3.49. The first-order valence-corrected chi connectivity index (χ1v) is 9.98. The second-order valence-electron chi connectivity index (χ2n) is 6.94. The third-order valence-corrected chi connectivity index (χ3v) is 5.59. The first-order chi connectivity index (χ1) is 14.5. The van der Waals surface area contributed by atoms with Gasteiger partial charge in [0.1, 0.15) is 0 Å². The number of H-pyrrole nitrogens is 1. The molecular formula is C22H15BrN4O3. The average molecular weight is 463 g/mol. The molecule has 0 fully saturated rings. The molecule has 3 N–H and O–H groups in total. The van der Waals surface area contributed by atoms with E-state index in [0.717, 1.165) is 21.3 Å². The minimum atomic E-state index is -1.19. The van der Waals surface area contributed by atoms with Gasteiger partial charge in [-0.05, 0) is 47.5 Å². The molecule has 5 rings (SSSR count). The lowest BCUT2D eigenvalue weighted by atomic mass is 9.97. The van der Waals surface area contributed by atoms with Crippen LogP contribution in [0, 0.1) is 0 Å². The van der Waals surface area contributed by atoms with Crippen molar-refractivity contribution in [2.45, 2.75) is 6.04 Å². The summed E-state index contributed by atoms with van der Waals surface area (Å²) in [6, 6.07) is 20.5. The molecule has 1 unspecified atom stereocenters. The molecule has 7 nitrogen and oxygen atoms in total. The quantitative estimate of drug-likeness (QED) is 0.391. The van der Waals surface area contributed by atoms with Crippen molar-refractivity contribution in [1.82, 2.24) is 9.97 Å². The maximum absolute atomic E-state index is 13.3. The van der Waals surface area contributed by atoms with E-state index >= 15 is 0 Å². The molecule has 0 spiro atoms. The molecular weight excluding hydrogens is 448 g/mol. The van der Waals surface area contributed by atoms with Gasteiger partial charge < -0.3 is 10.1 Å². The molecule has 8 heteroatoms. The Morgan fingerprint density at radius 2 is 1.93 bits per heavy atom. The standard InChI is InChI=1S/C22H15BrN4O3/c23-13-4-3-5-14(11-13)27-19(15-6-1-2-7-16(15)20(27)28)12-8-9-17-18(10-12)25-21(24-17)26-22(29)30/h1-11,19H,(H,29,30)(H2,24,25,26). The molecule has 0 saturated carbocycles. The normalized spacial score (nSPS) is 15.4. The third kappa shape index (κ3) is 3.02. The zero-order valence-electron chi connectivity index (χ0n) is 15.5. The number of anilines is 2. The van der Waals surface area contributed by atoms with E-state index in [9.17, 15) is 9.59 Å². The van der Waals surface area contributed by atoms with Crippen molar-refractivity contribution in [2.75, 3.05) is 10.2 Å². The van der Waals surface area contributed by atoms with Gasteiger partial charge in [0, 0.05) is 15.7 Å². The summed E-state index contributed by atoms with van der Waals surface area (Å²) in [5.74, 6) is 0.0908. The number of fused-ring (bicyclic) bond motifs is 2. The highest BCUT2D eigenvalue weighted by molar-refractivity contribution is 9.10. The van der Waals surface area contributed by atoms with E-state index < -0.39 is 6.09 Å². The lowest BCUT2D eigenvalue weighted by Gasteiger charge is -2.26. The summed E-state index contributed by atoms with van der Waals surface area (Å²) in [6.07, 6.45) is -1.19. The van der Waals surface area contributed by atoms with Crippen LogP contribution in [0.5, 0.6) is 0 Å². The number of aromatic amines is 1. The summed E-state index contributed by atoms with van der Waals surface area (Å²) in [4.78, 5) is 33.2. The van der Waals surface area contributed by atoms with Crippen LogP contribution in [0.2, 0.25) is 0 Å². The van der Waals surface area contributed by atoms with Crippen molar-refractivity contribution in [1.29, 1.82) is 0 Å². The van der Waals surface area contributed by atoms with Crippen LogP contribution in [0.1, 0.15) is 27.5 Å². The van der Waals surface area contributed by atoms with Crippen molar-refractivity contribution < 1.29 is 14.7 Å². The fourth-order valence-electron chi connectivity index (χ4n) is 3.90. The van der Waals surface area contributed by atoms with E-state index in [0.29, 0.717) is 16.6 Å². The van der Waals surface area contributed by atoms with Crippen LogP contribution in [0.25, 0.3) is 11.0 Å². The number of nitrogens with zero attached hydrogens (tertiary/aromatic N) is 2. The van der Waals surface area contributed by atoms with E-state index in [4.69, 9.17) is 5.11 Å². The molecule has 3 aromatic carbocycles. The van der Waals surface area contributed by atoms with Crippen molar-refractivity contribution in [3.63, 3.8) is 0 Å². The van der Waals surface area contributed by atoms with E-state index in [1.54, 1.807) is 4.90 Å². The fraction of sp³-hybridized carbons (Fsp3) is 0.0455. The second-order valence-corrected chi connectivity index (χ2v) is 7.85. The van der Waals surface area contributed by atoms with Gasteiger partial charge in [0.2, 0.25) is 5.95 Å². The zero-order chi connectivity index (χ0) is 20.8. The van der Waals surface area contributed by atoms with Gasteiger partial charge in [0.25, 0.3) is 5.91 Å². The van der Waals surface area contributed by atoms with Gasteiger partial charge >= 0.3 is 6.09 Å². The number of rotatable bonds is 3.